The van der Waals surface area contributed by atoms with Gasteiger partial charge in [0.05, 0.1) is 11.7 Å². The Labute approximate surface area is 110 Å². The minimum atomic E-state index is -3.77. The minimum Gasteiger partial charge on any atom is -0.392 e. The molecule has 1 fully saturated rings. The zero-order valence-electron chi connectivity index (χ0n) is 9.38. The third kappa shape index (κ3) is 2.35. The topological polar surface area (TPSA) is 81.4 Å². The van der Waals surface area contributed by atoms with Crippen molar-refractivity contribution in [3.8, 4) is 6.07 Å². The lowest BCUT2D eigenvalue weighted by Crippen LogP contribution is -2.30. The van der Waals surface area contributed by atoms with Gasteiger partial charge in [-0.05, 0) is 24.6 Å². The van der Waals surface area contributed by atoms with Gasteiger partial charge in [0.2, 0.25) is 10.0 Å². The van der Waals surface area contributed by atoms with E-state index < -0.39 is 16.1 Å². The maximum absolute atomic E-state index is 12.3. The number of nitrogens with zero attached hydrogens (tertiary/aromatic N) is 2. The molecule has 7 heteroatoms. The summed E-state index contributed by atoms with van der Waals surface area (Å²) in [4.78, 5) is -0.105. The molecule has 1 unspecified atom stereocenters. The predicted octanol–water partition coefficient (Wildman–Crippen LogP) is 0.967. The lowest BCUT2D eigenvalue weighted by molar-refractivity contribution is 0.189. The zero-order valence-corrected chi connectivity index (χ0v) is 10.9. The maximum atomic E-state index is 12.3. The van der Waals surface area contributed by atoms with Crippen molar-refractivity contribution in [3.63, 3.8) is 0 Å². The van der Waals surface area contributed by atoms with Crippen LogP contribution in [0.4, 0.5) is 0 Å². The van der Waals surface area contributed by atoms with Gasteiger partial charge in [0.25, 0.3) is 0 Å². The number of β-amino-alcohol motifs (C(OH)–C–C–N with tert-alkyl or cyclic N) is 1. The van der Waals surface area contributed by atoms with Crippen molar-refractivity contribution in [2.45, 2.75) is 17.4 Å². The molecule has 96 valence electrons. The highest BCUT2D eigenvalue weighted by Gasteiger charge is 2.33. The van der Waals surface area contributed by atoms with Crippen LogP contribution in [0.15, 0.2) is 23.1 Å². The van der Waals surface area contributed by atoms with Crippen LogP contribution >= 0.6 is 11.6 Å². The summed E-state index contributed by atoms with van der Waals surface area (Å²) in [7, 11) is -3.77. The second-order valence-electron chi connectivity index (χ2n) is 4.06. The van der Waals surface area contributed by atoms with Crippen molar-refractivity contribution in [1.82, 2.24) is 4.31 Å². The van der Waals surface area contributed by atoms with Crippen molar-refractivity contribution in [3.05, 3.63) is 28.8 Å². The highest BCUT2D eigenvalue weighted by Crippen LogP contribution is 2.26. The Bertz CT molecular complexity index is 609. The van der Waals surface area contributed by atoms with Crippen LogP contribution in [0.1, 0.15) is 12.0 Å². The van der Waals surface area contributed by atoms with E-state index in [0.29, 0.717) is 6.42 Å². The van der Waals surface area contributed by atoms with Gasteiger partial charge in [-0.2, -0.15) is 9.57 Å². The summed E-state index contributed by atoms with van der Waals surface area (Å²) >= 11 is 5.77. The first-order valence-corrected chi connectivity index (χ1v) is 7.15. The van der Waals surface area contributed by atoms with Crippen molar-refractivity contribution in [2.75, 3.05) is 13.1 Å². The van der Waals surface area contributed by atoms with E-state index in [-0.39, 0.29) is 28.6 Å². The van der Waals surface area contributed by atoms with Crippen LogP contribution in [-0.4, -0.2) is 37.0 Å². The number of hydrogen-bond acceptors (Lipinski definition) is 4. The van der Waals surface area contributed by atoms with Crippen molar-refractivity contribution in [1.29, 1.82) is 5.26 Å². The Balaban J connectivity index is 2.48. The molecule has 0 saturated carbocycles. The van der Waals surface area contributed by atoms with Crippen molar-refractivity contribution in [2.24, 2.45) is 0 Å². The van der Waals surface area contributed by atoms with Crippen LogP contribution in [0.25, 0.3) is 0 Å². The highest BCUT2D eigenvalue weighted by atomic mass is 35.5. The quantitative estimate of drug-likeness (QED) is 0.878. The molecule has 0 aliphatic carbocycles. The fourth-order valence-corrected chi connectivity index (χ4v) is 3.77. The van der Waals surface area contributed by atoms with E-state index in [0.717, 1.165) is 0 Å². The Morgan fingerprint density at radius 3 is 2.78 bits per heavy atom. The van der Waals surface area contributed by atoms with Gasteiger partial charge < -0.3 is 5.11 Å². The first-order chi connectivity index (χ1) is 8.45. The zero-order chi connectivity index (χ0) is 13.3. The number of nitriles is 1. The molecule has 1 aromatic rings. The first-order valence-electron chi connectivity index (χ1n) is 5.33. The van der Waals surface area contributed by atoms with Crippen LogP contribution in [0.5, 0.6) is 0 Å². The molecular formula is C11H11ClN2O3S. The van der Waals surface area contributed by atoms with Gasteiger partial charge in [0.1, 0.15) is 11.0 Å². The summed E-state index contributed by atoms with van der Waals surface area (Å²) in [6.07, 6.45) is -0.244. The standard InChI is InChI=1S/C11H11ClN2O3S/c12-9-2-1-8(6-13)11(5-9)18(16,17)14-4-3-10(15)7-14/h1-2,5,10,15H,3-4,7H2. The molecule has 1 aliphatic rings. The summed E-state index contributed by atoms with van der Waals surface area (Å²) in [5.74, 6) is 0. The van der Waals surface area contributed by atoms with Crippen molar-refractivity contribution < 1.29 is 13.5 Å². The molecule has 5 nitrogen and oxygen atoms in total. The molecule has 1 saturated heterocycles. The molecule has 2 rings (SSSR count). The van der Waals surface area contributed by atoms with E-state index in [1.165, 1.54) is 22.5 Å². The van der Waals surface area contributed by atoms with Crippen LogP contribution in [0.3, 0.4) is 0 Å². The Morgan fingerprint density at radius 2 is 2.22 bits per heavy atom. The lowest BCUT2D eigenvalue weighted by Gasteiger charge is -2.16. The summed E-state index contributed by atoms with van der Waals surface area (Å²) in [5, 5.41) is 18.6. The SMILES string of the molecule is N#Cc1ccc(Cl)cc1S(=O)(=O)N1CCC(O)C1. The summed E-state index contributed by atoms with van der Waals surface area (Å²) in [6, 6.07) is 5.95. The molecule has 1 aromatic carbocycles. The highest BCUT2D eigenvalue weighted by molar-refractivity contribution is 7.89. The fraction of sp³-hybridized carbons (Fsp3) is 0.364. The van der Waals surface area contributed by atoms with Crippen LogP contribution < -0.4 is 0 Å². The number of rotatable bonds is 2. The first kappa shape index (κ1) is 13.3. The number of sulfonamides is 1. The minimum absolute atomic E-state index is 0.0553. The third-order valence-electron chi connectivity index (χ3n) is 2.81. The third-order valence-corrected chi connectivity index (χ3v) is 4.95. The molecule has 1 atom stereocenters. The molecule has 0 spiro atoms. The monoisotopic (exact) mass is 286 g/mol. The van der Waals surface area contributed by atoms with Gasteiger partial charge in [-0.1, -0.05) is 11.6 Å². The van der Waals surface area contributed by atoms with E-state index in [4.69, 9.17) is 16.9 Å². The summed E-state index contributed by atoms with van der Waals surface area (Å²) in [6.45, 7) is 0.306. The normalized spacial score (nSPS) is 20.8. The van der Waals surface area contributed by atoms with Crippen LogP contribution in [0, 0.1) is 11.3 Å². The number of aliphatic hydroxyl groups is 1. The van der Waals surface area contributed by atoms with E-state index in [1.54, 1.807) is 0 Å². The smallest absolute Gasteiger partial charge is 0.244 e. The molecule has 1 N–H and O–H groups in total. The molecule has 0 amide bonds. The van der Waals surface area contributed by atoms with Crippen LogP contribution in [0.2, 0.25) is 5.02 Å². The molecule has 1 heterocycles. The summed E-state index contributed by atoms with van der Waals surface area (Å²) < 4.78 is 25.8. The molecule has 18 heavy (non-hydrogen) atoms. The molecule has 0 bridgehead atoms. The second-order valence-corrected chi connectivity index (χ2v) is 6.40. The lowest BCUT2D eigenvalue weighted by atomic mass is 10.2. The number of halogens is 1. The average molecular weight is 287 g/mol. The fourth-order valence-electron chi connectivity index (χ4n) is 1.87. The molecule has 0 aromatic heterocycles. The van der Waals surface area contributed by atoms with Gasteiger partial charge >= 0.3 is 0 Å². The summed E-state index contributed by atoms with van der Waals surface area (Å²) in [5.41, 5.74) is 0.0563. The Hall–Kier alpha value is -1.13. The average Bonchev–Trinajstić information content (AvgIpc) is 2.76. The van der Waals surface area contributed by atoms with Crippen LogP contribution in [-0.2, 0) is 10.0 Å². The van der Waals surface area contributed by atoms with Gasteiger partial charge in [0.15, 0.2) is 0 Å². The van der Waals surface area contributed by atoms with Gasteiger partial charge in [-0.15, -0.1) is 0 Å². The Morgan fingerprint density at radius 1 is 1.50 bits per heavy atom. The maximum Gasteiger partial charge on any atom is 0.244 e. The number of aliphatic hydroxyl groups excluding tert-OH is 1. The molecule has 0 radical (unpaired) electrons. The second kappa shape index (κ2) is 4.86. The Kier molecular flexibility index (Phi) is 3.59. The van der Waals surface area contributed by atoms with Crippen molar-refractivity contribution >= 4 is 21.6 Å². The van der Waals surface area contributed by atoms with Gasteiger partial charge in [0, 0.05) is 18.1 Å². The molecule has 1 aliphatic heterocycles. The number of hydrogen-bond donors (Lipinski definition) is 1. The largest absolute Gasteiger partial charge is 0.392 e. The van der Waals surface area contributed by atoms with E-state index >= 15 is 0 Å². The predicted molar refractivity (Wildman–Crippen MR) is 65.5 cm³/mol. The number of benzene rings is 1. The molecular weight excluding hydrogens is 276 g/mol. The van der Waals surface area contributed by atoms with E-state index in [2.05, 4.69) is 0 Å². The van der Waals surface area contributed by atoms with E-state index in [1.807, 2.05) is 6.07 Å². The van der Waals surface area contributed by atoms with Gasteiger partial charge in [-0.25, -0.2) is 8.42 Å². The van der Waals surface area contributed by atoms with E-state index in [9.17, 15) is 13.5 Å². The van der Waals surface area contributed by atoms with Gasteiger partial charge in [-0.3, -0.25) is 0 Å².